The zero-order valence-electron chi connectivity index (χ0n) is 13.9. The number of amides is 2. The average Bonchev–Trinajstić information content (AvgIpc) is 2.68. The van der Waals surface area contributed by atoms with Gasteiger partial charge in [0.05, 0.1) is 12.1 Å². The van der Waals surface area contributed by atoms with Gasteiger partial charge in [-0.3, -0.25) is 9.59 Å². The first-order valence-electron chi connectivity index (χ1n) is 8.11. The minimum Gasteiger partial charge on any atom is -0.343 e. The van der Waals surface area contributed by atoms with Crippen molar-refractivity contribution in [3.8, 4) is 11.1 Å². The predicted octanol–water partition coefficient (Wildman–Crippen LogP) is 3.86. The molecule has 0 aliphatic carbocycles. The molecule has 3 rings (SSSR count). The van der Waals surface area contributed by atoms with Crippen LogP contribution in [-0.4, -0.2) is 18.4 Å². The lowest BCUT2D eigenvalue weighted by Crippen LogP contribution is -2.33. The van der Waals surface area contributed by atoms with Crippen LogP contribution in [-0.2, 0) is 4.79 Å². The Morgan fingerprint density at radius 1 is 0.808 bits per heavy atom. The Morgan fingerprint density at radius 2 is 1.46 bits per heavy atom. The van der Waals surface area contributed by atoms with Crippen LogP contribution in [0.15, 0.2) is 78.9 Å². The van der Waals surface area contributed by atoms with Crippen LogP contribution in [0.1, 0.15) is 10.4 Å². The molecule has 0 fully saturated rings. The van der Waals surface area contributed by atoms with E-state index in [0.717, 1.165) is 11.1 Å². The molecule has 2 amide bonds. The average molecular weight is 348 g/mol. The molecule has 5 heteroatoms. The lowest BCUT2D eigenvalue weighted by molar-refractivity contribution is -0.115. The SMILES string of the molecule is O=C(CNC(=O)c1cc(-c2ccccc2)ccc1F)Nc1ccccc1. The predicted molar refractivity (Wildman–Crippen MR) is 99.2 cm³/mol. The largest absolute Gasteiger partial charge is 0.343 e. The Morgan fingerprint density at radius 3 is 2.15 bits per heavy atom. The summed E-state index contributed by atoms with van der Waals surface area (Å²) in [6.07, 6.45) is 0. The van der Waals surface area contributed by atoms with Gasteiger partial charge < -0.3 is 10.6 Å². The second-order valence-electron chi connectivity index (χ2n) is 5.66. The van der Waals surface area contributed by atoms with E-state index in [9.17, 15) is 14.0 Å². The van der Waals surface area contributed by atoms with Gasteiger partial charge in [-0.1, -0.05) is 54.6 Å². The summed E-state index contributed by atoms with van der Waals surface area (Å²) in [5.41, 5.74) is 2.14. The Labute approximate surface area is 150 Å². The third kappa shape index (κ3) is 4.33. The highest BCUT2D eigenvalue weighted by Crippen LogP contribution is 2.21. The lowest BCUT2D eigenvalue weighted by Gasteiger charge is -2.09. The third-order valence-electron chi connectivity index (χ3n) is 3.79. The fraction of sp³-hybridized carbons (Fsp3) is 0.0476. The molecule has 0 aliphatic heterocycles. The maximum absolute atomic E-state index is 14.0. The van der Waals surface area contributed by atoms with E-state index in [-0.39, 0.29) is 18.0 Å². The van der Waals surface area contributed by atoms with E-state index in [1.807, 2.05) is 36.4 Å². The number of anilines is 1. The summed E-state index contributed by atoms with van der Waals surface area (Å²) in [6, 6.07) is 22.6. The van der Waals surface area contributed by atoms with Crippen LogP contribution in [0.5, 0.6) is 0 Å². The summed E-state index contributed by atoms with van der Waals surface area (Å²) in [5.74, 6) is -1.65. The monoisotopic (exact) mass is 348 g/mol. The molecule has 0 spiro atoms. The maximum Gasteiger partial charge on any atom is 0.254 e. The van der Waals surface area contributed by atoms with Gasteiger partial charge in [0.2, 0.25) is 5.91 Å². The Bertz CT molecular complexity index is 912. The minimum absolute atomic E-state index is 0.0983. The Balaban J connectivity index is 1.67. The number of hydrogen-bond acceptors (Lipinski definition) is 2. The zero-order chi connectivity index (χ0) is 18.4. The summed E-state index contributed by atoms with van der Waals surface area (Å²) in [5, 5.41) is 5.10. The number of hydrogen-bond donors (Lipinski definition) is 2. The van der Waals surface area contributed by atoms with Gasteiger partial charge in [0, 0.05) is 5.69 Å². The molecule has 4 nitrogen and oxygen atoms in total. The van der Waals surface area contributed by atoms with Gasteiger partial charge in [-0.05, 0) is 35.4 Å². The van der Waals surface area contributed by atoms with Crippen LogP contribution in [0.4, 0.5) is 10.1 Å². The number of para-hydroxylation sites is 1. The molecule has 0 saturated carbocycles. The summed E-state index contributed by atoms with van der Waals surface area (Å²) in [6.45, 7) is -0.247. The second kappa shape index (κ2) is 8.07. The first kappa shape index (κ1) is 17.4. The Kier molecular flexibility index (Phi) is 5.39. The molecule has 0 heterocycles. The number of benzene rings is 3. The van der Waals surface area contributed by atoms with E-state index >= 15 is 0 Å². The third-order valence-corrected chi connectivity index (χ3v) is 3.79. The van der Waals surface area contributed by atoms with Crippen molar-refractivity contribution in [1.82, 2.24) is 5.32 Å². The normalized spacial score (nSPS) is 10.2. The van der Waals surface area contributed by atoms with Crippen molar-refractivity contribution in [2.24, 2.45) is 0 Å². The molecule has 2 N–H and O–H groups in total. The Hall–Kier alpha value is -3.47. The highest BCUT2D eigenvalue weighted by molar-refractivity contribution is 6.00. The van der Waals surface area contributed by atoms with Crippen molar-refractivity contribution in [1.29, 1.82) is 0 Å². The van der Waals surface area contributed by atoms with E-state index in [4.69, 9.17) is 0 Å². The quantitative estimate of drug-likeness (QED) is 0.735. The molecule has 0 bridgehead atoms. The maximum atomic E-state index is 14.0. The summed E-state index contributed by atoms with van der Waals surface area (Å²) < 4.78 is 14.0. The number of carbonyl (C=O) groups is 2. The molecule has 26 heavy (non-hydrogen) atoms. The van der Waals surface area contributed by atoms with E-state index in [2.05, 4.69) is 10.6 Å². The molecule has 130 valence electrons. The lowest BCUT2D eigenvalue weighted by atomic mass is 10.0. The molecular weight excluding hydrogens is 331 g/mol. The van der Waals surface area contributed by atoms with Crippen molar-refractivity contribution < 1.29 is 14.0 Å². The smallest absolute Gasteiger partial charge is 0.254 e. The van der Waals surface area contributed by atoms with Crippen LogP contribution >= 0.6 is 0 Å². The molecule has 0 radical (unpaired) electrons. The molecule has 0 aliphatic rings. The highest BCUT2D eigenvalue weighted by atomic mass is 19.1. The minimum atomic E-state index is -0.636. The van der Waals surface area contributed by atoms with Crippen molar-refractivity contribution in [3.63, 3.8) is 0 Å². The number of rotatable bonds is 5. The van der Waals surface area contributed by atoms with Gasteiger partial charge >= 0.3 is 0 Å². The highest BCUT2D eigenvalue weighted by Gasteiger charge is 2.14. The standard InChI is InChI=1S/C21H17FN2O2/c22-19-12-11-16(15-7-3-1-4-8-15)13-18(19)21(26)23-14-20(25)24-17-9-5-2-6-10-17/h1-13H,14H2,(H,23,26)(H,24,25). The first-order chi connectivity index (χ1) is 12.6. The van der Waals surface area contributed by atoms with Crippen molar-refractivity contribution in [2.75, 3.05) is 11.9 Å². The van der Waals surface area contributed by atoms with Crippen molar-refractivity contribution >= 4 is 17.5 Å². The topological polar surface area (TPSA) is 58.2 Å². The number of carbonyl (C=O) groups excluding carboxylic acids is 2. The second-order valence-corrected chi connectivity index (χ2v) is 5.66. The summed E-state index contributed by atoms with van der Waals surface area (Å²) >= 11 is 0. The van der Waals surface area contributed by atoms with E-state index in [1.165, 1.54) is 12.1 Å². The van der Waals surface area contributed by atoms with Gasteiger partial charge in [0.15, 0.2) is 0 Å². The summed E-state index contributed by atoms with van der Waals surface area (Å²) in [4.78, 5) is 24.2. The van der Waals surface area contributed by atoms with E-state index in [0.29, 0.717) is 5.69 Å². The van der Waals surface area contributed by atoms with Crippen molar-refractivity contribution in [3.05, 3.63) is 90.2 Å². The van der Waals surface area contributed by atoms with Crippen LogP contribution in [0.25, 0.3) is 11.1 Å². The fourth-order valence-corrected chi connectivity index (χ4v) is 2.49. The molecule has 3 aromatic carbocycles. The molecule has 0 aromatic heterocycles. The van der Waals surface area contributed by atoms with E-state index < -0.39 is 11.7 Å². The van der Waals surface area contributed by atoms with Gasteiger partial charge in [-0.2, -0.15) is 0 Å². The van der Waals surface area contributed by atoms with Gasteiger partial charge in [-0.15, -0.1) is 0 Å². The van der Waals surface area contributed by atoms with Crippen LogP contribution < -0.4 is 10.6 Å². The molecule has 0 saturated heterocycles. The molecular formula is C21H17FN2O2. The van der Waals surface area contributed by atoms with E-state index in [1.54, 1.807) is 30.3 Å². The van der Waals surface area contributed by atoms with Gasteiger partial charge in [0.25, 0.3) is 5.91 Å². The van der Waals surface area contributed by atoms with Gasteiger partial charge in [0.1, 0.15) is 5.82 Å². The number of halogens is 1. The molecule has 0 atom stereocenters. The summed E-state index contributed by atoms with van der Waals surface area (Å²) in [7, 11) is 0. The fourth-order valence-electron chi connectivity index (χ4n) is 2.49. The van der Waals surface area contributed by atoms with Crippen LogP contribution in [0.2, 0.25) is 0 Å². The van der Waals surface area contributed by atoms with Crippen molar-refractivity contribution in [2.45, 2.75) is 0 Å². The van der Waals surface area contributed by atoms with Crippen LogP contribution in [0, 0.1) is 5.82 Å². The molecule has 3 aromatic rings. The number of nitrogens with one attached hydrogen (secondary N) is 2. The zero-order valence-corrected chi connectivity index (χ0v) is 13.9. The van der Waals surface area contributed by atoms with Crippen LogP contribution in [0.3, 0.4) is 0 Å². The van der Waals surface area contributed by atoms with Gasteiger partial charge in [-0.25, -0.2) is 4.39 Å². The molecule has 0 unspecified atom stereocenters. The first-order valence-corrected chi connectivity index (χ1v) is 8.11.